The maximum atomic E-state index is 12.8. The molecule has 0 amide bonds. The molecule has 0 saturated heterocycles. The molecule has 0 saturated carbocycles. The Hall–Kier alpha value is -2.86. The molecule has 1 heterocycles. The van der Waals surface area contributed by atoms with Gasteiger partial charge < -0.3 is 19.0 Å². The van der Waals surface area contributed by atoms with Crippen LogP contribution >= 0.6 is 0 Å². The normalized spacial score (nSPS) is 15.2. The highest BCUT2D eigenvalue weighted by molar-refractivity contribution is 6.14. The summed E-state index contributed by atoms with van der Waals surface area (Å²) in [5.74, 6) is -0.327. The summed E-state index contributed by atoms with van der Waals surface area (Å²) in [5, 5.41) is 9.18. The number of carboxylic acids is 1. The van der Waals surface area contributed by atoms with Gasteiger partial charge >= 0.3 is 5.97 Å². The number of carboxylic acid groups (broad SMARTS) is 1. The van der Waals surface area contributed by atoms with Crippen LogP contribution in [0.1, 0.15) is 44.2 Å². The highest BCUT2D eigenvalue weighted by Gasteiger charge is 2.31. The van der Waals surface area contributed by atoms with Crippen molar-refractivity contribution in [1.29, 1.82) is 0 Å². The van der Waals surface area contributed by atoms with Crippen LogP contribution in [0, 0.1) is 6.92 Å². The van der Waals surface area contributed by atoms with Gasteiger partial charge in [0, 0.05) is 24.7 Å². The molecule has 1 aromatic heterocycles. The van der Waals surface area contributed by atoms with Crippen LogP contribution in [0.25, 0.3) is 6.08 Å². The van der Waals surface area contributed by atoms with Gasteiger partial charge in [0.05, 0.1) is 12.2 Å². The summed E-state index contributed by atoms with van der Waals surface area (Å²) >= 11 is 0. The van der Waals surface area contributed by atoms with Gasteiger partial charge in [-0.15, -0.1) is 0 Å². The second kappa shape index (κ2) is 7.58. The molecule has 3 rings (SSSR count). The molecule has 0 atom stereocenters. The third kappa shape index (κ3) is 3.55. The van der Waals surface area contributed by atoms with Crippen molar-refractivity contribution in [2.45, 2.75) is 19.8 Å². The van der Waals surface area contributed by atoms with E-state index in [1.165, 1.54) is 0 Å². The average Bonchev–Trinajstić information content (AvgIpc) is 2.96. The molecule has 1 aromatic carbocycles. The molecule has 0 unspecified atom stereocenters. The van der Waals surface area contributed by atoms with Gasteiger partial charge in [-0.25, -0.2) is 4.79 Å². The minimum atomic E-state index is -1.16. The van der Waals surface area contributed by atoms with Gasteiger partial charge in [0.15, 0.2) is 5.78 Å². The van der Waals surface area contributed by atoms with Crippen LogP contribution in [-0.2, 0) is 11.2 Å². The third-order valence-corrected chi connectivity index (χ3v) is 4.31. The van der Waals surface area contributed by atoms with Crippen LogP contribution < -0.4 is 4.74 Å². The van der Waals surface area contributed by atoms with Crippen LogP contribution in [0.15, 0.2) is 34.3 Å². The lowest BCUT2D eigenvalue weighted by molar-refractivity contribution is 0.0659. The summed E-state index contributed by atoms with van der Waals surface area (Å²) in [6.07, 6.45) is 2.83. The van der Waals surface area contributed by atoms with Gasteiger partial charge in [-0.2, -0.15) is 0 Å². The van der Waals surface area contributed by atoms with Crippen LogP contribution in [0.3, 0.4) is 0 Å². The van der Waals surface area contributed by atoms with Gasteiger partial charge in [0.2, 0.25) is 5.76 Å². The van der Waals surface area contributed by atoms with Crippen molar-refractivity contribution in [2.24, 2.45) is 0 Å². The number of hydrogen-bond donors (Lipinski definition) is 1. The van der Waals surface area contributed by atoms with Crippen molar-refractivity contribution >= 4 is 17.8 Å². The fraction of sp³-hybridized carbons (Fsp3) is 0.300. The third-order valence-electron chi connectivity index (χ3n) is 4.31. The predicted octanol–water partition coefficient (Wildman–Crippen LogP) is 3.52. The Balaban J connectivity index is 1.86. The van der Waals surface area contributed by atoms with E-state index in [4.69, 9.17) is 13.9 Å². The molecular formula is C20H20O6. The number of rotatable bonds is 6. The van der Waals surface area contributed by atoms with Crippen LogP contribution in [0.4, 0.5) is 0 Å². The van der Waals surface area contributed by atoms with Gasteiger partial charge in [-0.05, 0) is 37.1 Å². The molecule has 0 fully saturated rings. The summed E-state index contributed by atoms with van der Waals surface area (Å²) < 4.78 is 15.9. The standard InChI is InChI=1S/C20H20O6/c1-12-17-16(26-19(12)20(22)23)7-6-14(18(17)21)10-13-4-3-5-15(11-13)25-9-8-24-2/h3-5,10-11H,6-9H2,1-2H3,(H,22,23)/b14-10-. The Bertz CT molecular complexity index is 874. The molecule has 26 heavy (non-hydrogen) atoms. The second-order valence-electron chi connectivity index (χ2n) is 6.07. The van der Waals surface area contributed by atoms with Crippen LogP contribution in [0.5, 0.6) is 5.75 Å². The summed E-state index contributed by atoms with van der Waals surface area (Å²) in [7, 11) is 1.61. The molecule has 1 aliphatic rings. The number of ether oxygens (including phenoxy) is 2. The number of allylic oxidation sites excluding steroid dienone is 1. The first-order valence-electron chi connectivity index (χ1n) is 8.34. The number of carbonyl (C=O) groups is 2. The zero-order chi connectivity index (χ0) is 18.7. The second-order valence-corrected chi connectivity index (χ2v) is 6.07. The van der Waals surface area contributed by atoms with E-state index in [9.17, 15) is 14.7 Å². The largest absolute Gasteiger partial charge is 0.491 e. The number of benzene rings is 1. The lowest BCUT2D eigenvalue weighted by Crippen LogP contribution is -2.13. The minimum absolute atomic E-state index is 0.154. The average molecular weight is 356 g/mol. The Labute approximate surface area is 151 Å². The highest BCUT2D eigenvalue weighted by Crippen LogP contribution is 2.33. The molecule has 6 heteroatoms. The van der Waals surface area contributed by atoms with Crippen molar-refractivity contribution in [3.8, 4) is 5.75 Å². The molecule has 136 valence electrons. The number of methoxy groups -OCH3 is 1. The molecule has 6 nitrogen and oxygen atoms in total. The molecule has 0 aliphatic heterocycles. The summed E-state index contributed by atoms with van der Waals surface area (Å²) in [6, 6.07) is 7.46. The maximum Gasteiger partial charge on any atom is 0.372 e. The topological polar surface area (TPSA) is 86.0 Å². The molecule has 0 radical (unpaired) electrons. The number of fused-ring (bicyclic) bond motifs is 1. The van der Waals surface area contributed by atoms with Crippen molar-refractivity contribution in [2.75, 3.05) is 20.3 Å². The number of furan rings is 1. The van der Waals surface area contributed by atoms with E-state index in [0.717, 1.165) is 5.56 Å². The van der Waals surface area contributed by atoms with E-state index in [1.54, 1.807) is 14.0 Å². The van der Waals surface area contributed by atoms with Gasteiger partial charge in [-0.1, -0.05) is 12.1 Å². The van der Waals surface area contributed by atoms with Gasteiger partial charge in [-0.3, -0.25) is 4.79 Å². The number of Topliss-reactive ketones (excluding diaryl/α,β-unsaturated/α-hetero) is 1. The van der Waals surface area contributed by atoms with Crippen molar-refractivity contribution in [3.63, 3.8) is 0 Å². The summed E-state index contributed by atoms with van der Waals surface area (Å²) in [4.78, 5) is 24.0. The number of aromatic carboxylic acids is 1. The van der Waals surface area contributed by atoms with E-state index < -0.39 is 5.97 Å². The lowest BCUT2D eigenvalue weighted by atomic mass is 9.88. The first-order valence-corrected chi connectivity index (χ1v) is 8.34. The SMILES string of the molecule is COCCOc1cccc(/C=C2/CCc3oc(C(=O)O)c(C)c3C2=O)c1. The lowest BCUT2D eigenvalue weighted by Gasteiger charge is -2.13. The van der Waals surface area contributed by atoms with E-state index in [-0.39, 0.29) is 11.5 Å². The fourth-order valence-electron chi connectivity index (χ4n) is 3.05. The quantitative estimate of drug-likeness (QED) is 0.629. The minimum Gasteiger partial charge on any atom is -0.491 e. The van der Waals surface area contributed by atoms with E-state index in [2.05, 4.69) is 0 Å². The van der Waals surface area contributed by atoms with Crippen molar-refractivity contribution in [1.82, 2.24) is 0 Å². The van der Waals surface area contributed by atoms with Crippen LogP contribution in [-0.4, -0.2) is 37.2 Å². The summed E-state index contributed by atoms with van der Waals surface area (Å²) in [6.45, 7) is 2.56. The maximum absolute atomic E-state index is 12.8. The van der Waals surface area contributed by atoms with E-state index in [0.29, 0.717) is 54.3 Å². The first kappa shape index (κ1) is 17.9. The Morgan fingerprint density at radius 1 is 1.31 bits per heavy atom. The zero-order valence-electron chi connectivity index (χ0n) is 14.7. The molecule has 1 N–H and O–H groups in total. The smallest absolute Gasteiger partial charge is 0.372 e. The zero-order valence-corrected chi connectivity index (χ0v) is 14.7. The van der Waals surface area contributed by atoms with E-state index in [1.807, 2.05) is 30.3 Å². The Kier molecular flexibility index (Phi) is 5.23. The molecule has 0 spiro atoms. The van der Waals surface area contributed by atoms with E-state index >= 15 is 0 Å². The molecule has 2 aromatic rings. The summed E-state index contributed by atoms with van der Waals surface area (Å²) in [5.41, 5.74) is 2.26. The van der Waals surface area contributed by atoms with Gasteiger partial charge in [0.1, 0.15) is 18.1 Å². The predicted molar refractivity (Wildman–Crippen MR) is 94.8 cm³/mol. The van der Waals surface area contributed by atoms with Crippen molar-refractivity contribution < 1.29 is 28.6 Å². The first-order chi connectivity index (χ1) is 12.5. The molecule has 0 bridgehead atoms. The Morgan fingerprint density at radius 3 is 2.85 bits per heavy atom. The highest BCUT2D eigenvalue weighted by atomic mass is 16.5. The van der Waals surface area contributed by atoms with Gasteiger partial charge in [0.25, 0.3) is 0 Å². The number of aryl methyl sites for hydroxylation is 1. The monoisotopic (exact) mass is 356 g/mol. The number of hydrogen-bond acceptors (Lipinski definition) is 5. The Morgan fingerprint density at radius 2 is 2.12 bits per heavy atom. The fourth-order valence-corrected chi connectivity index (χ4v) is 3.05. The molecule has 1 aliphatic carbocycles. The van der Waals surface area contributed by atoms with Crippen molar-refractivity contribution in [3.05, 3.63) is 58.0 Å². The molecular weight excluding hydrogens is 336 g/mol. The number of ketones is 1. The number of carbonyl (C=O) groups excluding carboxylic acids is 1. The van der Waals surface area contributed by atoms with Crippen LogP contribution in [0.2, 0.25) is 0 Å².